The Balaban J connectivity index is 1.79. The molecule has 0 aliphatic carbocycles. The molecular weight excluding hydrogens is 358 g/mol. The molecule has 8 N–H and O–H groups in total. The van der Waals surface area contributed by atoms with Crippen molar-refractivity contribution in [2.24, 2.45) is 11.5 Å². The fourth-order valence-electron chi connectivity index (χ4n) is 3.49. The first-order valence-electron chi connectivity index (χ1n) is 8.05. The van der Waals surface area contributed by atoms with Crippen molar-refractivity contribution in [3.05, 3.63) is 33.9 Å². The van der Waals surface area contributed by atoms with Crippen LogP contribution in [0.5, 0.6) is 0 Å². The molecule has 3 rings (SSSR count). The molecule has 124 valence electrons. The fourth-order valence-corrected chi connectivity index (χ4v) is 3.84. The van der Waals surface area contributed by atoms with Gasteiger partial charge >= 0.3 is 5.96 Å². The Morgan fingerprint density at radius 1 is 1.39 bits per heavy atom. The van der Waals surface area contributed by atoms with Crippen molar-refractivity contribution >= 4 is 32.8 Å². The van der Waals surface area contributed by atoms with E-state index in [0.29, 0.717) is 6.04 Å². The van der Waals surface area contributed by atoms with Crippen molar-refractivity contribution < 1.29 is 15.5 Å². The SMILES string of the molecule is NC(N)=[NH+]CCCCC1[NH2+]CCc2c1n(O)c1cc(Br)ccc21. The Labute approximate surface area is 143 Å². The summed E-state index contributed by atoms with van der Waals surface area (Å²) in [5.74, 6) is 0.276. The summed E-state index contributed by atoms with van der Waals surface area (Å²) in [6, 6.07) is 6.41. The van der Waals surface area contributed by atoms with E-state index in [1.165, 1.54) is 10.3 Å². The first-order chi connectivity index (χ1) is 11.1. The zero-order chi connectivity index (χ0) is 16.4. The van der Waals surface area contributed by atoms with Gasteiger partial charge in [0.1, 0.15) is 11.7 Å². The highest BCUT2D eigenvalue weighted by molar-refractivity contribution is 9.10. The summed E-state index contributed by atoms with van der Waals surface area (Å²) in [4.78, 5) is 2.94. The number of fused-ring (bicyclic) bond motifs is 3. The zero-order valence-corrected chi connectivity index (χ0v) is 14.6. The van der Waals surface area contributed by atoms with E-state index < -0.39 is 0 Å². The number of halogens is 1. The molecule has 0 radical (unpaired) electrons. The van der Waals surface area contributed by atoms with Gasteiger partial charge in [0.05, 0.1) is 18.6 Å². The number of benzene rings is 1. The lowest BCUT2D eigenvalue weighted by Crippen LogP contribution is -2.87. The van der Waals surface area contributed by atoms with Gasteiger partial charge in [-0.25, -0.2) is 0 Å². The topological polar surface area (TPSA) is 108 Å². The molecule has 0 saturated heterocycles. The molecule has 2 heterocycles. The minimum atomic E-state index is 0.276. The molecule has 0 spiro atoms. The van der Waals surface area contributed by atoms with Gasteiger partial charge in [0.15, 0.2) is 0 Å². The van der Waals surface area contributed by atoms with E-state index in [2.05, 4.69) is 32.3 Å². The molecule has 1 aromatic carbocycles. The largest absolute Gasteiger partial charge is 0.428 e. The lowest BCUT2D eigenvalue weighted by molar-refractivity contribution is -0.701. The van der Waals surface area contributed by atoms with E-state index in [1.807, 2.05) is 12.1 Å². The molecule has 0 amide bonds. The Kier molecular flexibility index (Phi) is 4.77. The number of nitrogens with two attached hydrogens (primary N) is 3. The summed E-state index contributed by atoms with van der Waals surface area (Å²) in [7, 11) is 0. The molecule has 0 bridgehead atoms. The van der Waals surface area contributed by atoms with E-state index >= 15 is 0 Å². The van der Waals surface area contributed by atoms with E-state index in [1.54, 1.807) is 0 Å². The van der Waals surface area contributed by atoms with Crippen LogP contribution in [0.1, 0.15) is 36.6 Å². The van der Waals surface area contributed by atoms with Crippen molar-refractivity contribution in [3.63, 3.8) is 0 Å². The average Bonchev–Trinajstić information content (AvgIpc) is 2.80. The highest BCUT2D eigenvalue weighted by Gasteiger charge is 2.30. The zero-order valence-electron chi connectivity index (χ0n) is 13.1. The molecule has 2 aromatic rings. The number of nitrogens with zero attached hydrogens (tertiary/aromatic N) is 1. The van der Waals surface area contributed by atoms with Crippen molar-refractivity contribution in [1.82, 2.24) is 4.73 Å². The number of quaternary nitrogens is 1. The third kappa shape index (κ3) is 3.30. The molecule has 23 heavy (non-hydrogen) atoms. The minimum Gasteiger partial charge on any atom is -0.428 e. The van der Waals surface area contributed by atoms with E-state index in [0.717, 1.165) is 59.8 Å². The third-order valence-corrected chi connectivity index (χ3v) is 5.01. The molecule has 1 atom stereocenters. The maximum atomic E-state index is 10.6. The van der Waals surface area contributed by atoms with Crippen LogP contribution in [-0.4, -0.2) is 29.0 Å². The number of hydrogen-bond donors (Lipinski definition) is 5. The highest BCUT2D eigenvalue weighted by atomic mass is 79.9. The molecule has 1 aromatic heterocycles. The highest BCUT2D eigenvalue weighted by Crippen LogP contribution is 2.33. The Hall–Kier alpha value is -1.73. The smallest absolute Gasteiger partial charge is 0.338 e. The first-order valence-corrected chi connectivity index (χ1v) is 8.84. The molecule has 1 unspecified atom stereocenters. The quantitative estimate of drug-likeness (QED) is 0.205. The lowest BCUT2D eigenvalue weighted by Gasteiger charge is -2.22. The maximum absolute atomic E-state index is 10.6. The summed E-state index contributed by atoms with van der Waals surface area (Å²) in [5, 5.41) is 14.1. The second-order valence-corrected chi connectivity index (χ2v) is 7.01. The van der Waals surface area contributed by atoms with Crippen LogP contribution in [0.25, 0.3) is 10.9 Å². The summed E-state index contributed by atoms with van der Waals surface area (Å²) in [6.45, 7) is 1.85. The Morgan fingerprint density at radius 2 is 2.22 bits per heavy atom. The van der Waals surface area contributed by atoms with Crippen LogP contribution < -0.4 is 21.8 Å². The lowest BCUT2D eigenvalue weighted by atomic mass is 9.96. The molecule has 6 nitrogen and oxygen atoms in total. The van der Waals surface area contributed by atoms with Crippen LogP contribution in [0.4, 0.5) is 0 Å². The van der Waals surface area contributed by atoms with E-state index in [9.17, 15) is 5.21 Å². The Bertz CT molecular complexity index is 736. The normalized spacial score (nSPS) is 17.2. The number of rotatable bonds is 5. The van der Waals surface area contributed by atoms with Crippen LogP contribution in [-0.2, 0) is 6.42 Å². The van der Waals surface area contributed by atoms with E-state index in [4.69, 9.17) is 11.5 Å². The molecular formula is C16H24BrN5O+2. The molecule has 1 aliphatic rings. The van der Waals surface area contributed by atoms with Gasteiger partial charge in [-0.2, -0.15) is 4.73 Å². The second kappa shape index (κ2) is 6.80. The van der Waals surface area contributed by atoms with Gasteiger partial charge < -0.3 is 10.5 Å². The van der Waals surface area contributed by atoms with Crippen LogP contribution >= 0.6 is 15.9 Å². The summed E-state index contributed by atoms with van der Waals surface area (Å²) < 4.78 is 2.37. The monoisotopic (exact) mass is 381 g/mol. The van der Waals surface area contributed by atoms with Gasteiger partial charge in [0.2, 0.25) is 0 Å². The van der Waals surface area contributed by atoms with Crippen molar-refractivity contribution in [2.75, 3.05) is 13.1 Å². The predicted molar refractivity (Wildman–Crippen MR) is 93.1 cm³/mol. The number of aromatic nitrogens is 1. The molecule has 0 fully saturated rings. The fraction of sp³-hybridized carbons (Fsp3) is 0.438. The summed E-state index contributed by atoms with van der Waals surface area (Å²) in [6.07, 6.45) is 4.09. The van der Waals surface area contributed by atoms with Crippen molar-refractivity contribution in [1.29, 1.82) is 0 Å². The van der Waals surface area contributed by atoms with Gasteiger partial charge in [-0.1, -0.05) is 22.0 Å². The third-order valence-electron chi connectivity index (χ3n) is 4.52. The van der Waals surface area contributed by atoms with Gasteiger partial charge in [-0.3, -0.25) is 16.5 Å². The van der Waals surface area contributed by atoms with Gasteiger partial charge in [-0.05, 0) is 30.5 Å². The number of nitrogens with one attached hydrogen (secondary N) is 1. The molecule has 7 heteroatoms. The average molecular weight is 382 g/mol. The summed E-state index contributed by atoms with van der Waals surface area (Å²) >= 11 is 3.48. The predicted octanol–water partition coefficient (Wildman–Crippen LogP) is -0.674. The Morgan fingerprint density at radius 3 is 3.00 bits per heavy atom. The first kappa shape index (κ1) is 16.1. The molecule has 0 saturated carbocycles. The summed E-state index contributed by atoms with van der Waals surface area (Å²) in [5.41, 5.74) is 14.0. The number of unbranched alkanes of at least 4 members (excludes halogenated alkanes) is 1. The van der Waals surface area contributed by atoms with Crippen LogP contribution in [0.15, 0.2) is 22.7 Å². The van der Waals surface area contributed by atoms with Crippen LogP contribution in [0.3, 0.4) is 0 Å². The molecule has 1 aliphatic heterocycles. The van der Waals surface area contributed by atoms with Crippen LogP contribution in [0, 0.1) is 0 Å². The minimum absolute atomic E-state index is 0.276. The van der Waals surface area contributed by atoms with Gasteiger partial charge in [-0.15, -0.1) is 0 Å². The second-order valence-electron chi connectivity index (χ2n) is 6.10. The van der Waals surface area contributed by atoms with Gasteiger partial charge in [0.25, 0.3) is 0 Å². The van der Waals surface area contributed by atoms with Crippen LogP contribution in [0.2, 0.25) is 0 Å². The maximum Gasteiger partial charge on any atom is 0.338 e. The van der Waals surface area contributed by atoms with Crippen molar-refractivity contribution in [3.8, 4) is 0 Å². The van der Waals surface area contributed by atoms with Crippen molar-refractivity contribution in [2.45, 2.75) is 31.7 Å². The van der Waals surface area contributed by atoms with E-state index in [-0.39, 0.29) is 5.96 Å². The van der Waals surface area contributed by atoms with Gasteiger partial charge in [0, 0.05) is 22.7 Å². The number of hydrogen-bond acceptors (Lipinski definition) is 1. The number of guanidine groups is 1. The standard InChI is InChI=1S/C16H22BrN5O/c17-10-4-5-11-12-6-8-20-13(3-1-2-7-21-16(18)19)15(12)22(23)14(11)9-10/h4-5,9,13,20,23H,1-3,6-8H2,(H4,18,19,21)/p+2.